The molecule has 20 heavy (non-hydrogen) atoms. The fraction of sp³-hybridized carbons (Fsp3) is 0.250. The fourth-order valence-electron chi connectivity index (χ4n) is 1.93. The van der Waals surface area contributed by atoms with Crippen molar-refractivity contribution in [3.8, 4) is 5.75 Å². The molecule has 0 amide bonds. The summed E-state index contributed by atoms with van der Waals surface area (Å²) in [5.41, 5.74) is 2.34. The average molecular weight is 294 g/mol. The van der Waals surface area contributed by atoms with Gasteiger partial charge in [0.25, 0.3) is 0 Å². The van der Waals surface area contributed by atoms with Gasteiger partial charge in [-0.15, -0.1) is 0 Å². The Balaban J connectivity index is 2.04. The molecule has 0 heterocycles. The number of likely N-dealkylation sites (N-methyl/N-ethyl adjacent to an activating group) is 1. The molecule has 0 aromatic heterocycles. The Hall–Kier alpha value is -1.58. The van der Waals surface area contributed by atoms with Gasteiger partial charge in [-0.25, -0.2) is 4.39 Å². The first kappa shape index (κ1) is 14.8. The molecule has 0 bridgehead atoms. The van der Waals surface area contributed by atoms with E-state index in [1.54, 1.807) is 6.07 Å². The van der Waals surface area contributed by atoms with Crippen molar-refractivity contribution in [3.63, 3.8) is 0 Å². The Labute approximate surface area is 123 Å². The molecule has 0 aliphatic carbocycles. The van der Waals surface area contributed by atoms with Crippen molar-refractivity contribution < 1.29 is 9.13 Å². The first-order chi connectivity index (χ1) is 9.70. The molecule has 0 aliphatic heterocycles. The molecule has 2 aromatic carbocycles. The molecule has 1 N–H and O–H groups in total. The highest BCUT2D eigenvalue weighted by molar-refractivity contribution is 6.30. The van der Waals surface area contributed by atoms with Crippen LogP contribution in [-0.4, -0.2) is 13.6 Å². The number of hydrogen-bond acceptors (Lipinski definition) is 2. The van der Waals surface area contributed by atoms with Gasteiger partial charge in [-0.05, 0) is 43.3 Å². The summed E-state index contributed by atoms with van der Waals surface area (Å²) in [6, 6.07) is 12.6. The zero-order valence-corrected chi connectivity index (χ0v) is 12.1. The van der Waals surface area contributed by atoms with Gasteiger partial charge in [0.1, 0.15) is 18.2 Å². The Morgan fingerprint density at radius 2 is 1.90 bits per heavy atom. The van der Waals surface area contributed by atoms with Gasteiger partial charge >= 0.3 is 0 Å². The van der Waals surface area contributed by atoms with Crippen LogP contribution in [0.2, 0.25) is 5.02 Å². The maximum Gasteiger partial charge on any atom is 0.145 e. The van der Waals surface area contributed by atoms with Crippen molar-refractivity contribution in [1.29, 1.82) is 0 Å². The Kier molecular flexibility index (Phi) is 5.39. The zero-order chi connectivity index (χ0) is 14.4. The lowest BCUT2D eigenvalue weighted by Crippen LogP contribution is -2.12. The summed E-state index contributed by atoms with van der Waals surface area (Å²) in [4.78, 5) is 0. The minimum atomic E-state index is -0.465. The van der Waals surface area contributed by atoms with E-state index >= 15 is 0 Å². The van der Waals surface area contributed by atoms with Crippen molar-refractivity contribution in [3.05, 3.63) is 64.4 Å². The molecule has 2 aromatic rings. The maximum atomic E-state index is 13.3. The quantitative estimate of drug-likeness (QED) is 0.874. The molecule has 0 unspecified atom stereocenters. The second kappa shape index (κ2) is 7.27. The van der Waals surface area contributed by atoms with E-state index in [1.165, 1.54) is 17.7 Å². The lowest BCUT2D eigenvalue weighted by Gasteiger charge is -2.11. The monoisotopic (exact) mass is 293 g/mol. The number of rotatable bonds is 6. The van der Waals surface area contributed by atoms with Crippen molar-refractivity contribution in [2.45, 2.75) is 13.0 Å². The van der Waals surface area contributed by atoms with Gasteiger partial charge in [0.15, 0.2) is 0 Å². The molecule has 0 saturated heterocycles. The topological polar surface area (TPSA) is 21.3 Å². The van der Waals surface area contributed by atoms with Crippen LogP contribution < -0.4 is 10.1 Å². The molecule has 2 rings (SSSR count). The third-order valence-corrected chi connectivity index (χ3v) is 3.35. The highest BCUT2D eigenvalue weighted by Gasteiger charge is 2.05. The van der Waals surface area contributed by atoms with E-state index in [4.69, 9.17) is 16.3 Å². The molecule has 2 nitrogen and oxygen atoms in total. The molecule has 4 heteroatoms. The van der Waals surface area contributed by atoms with E-state index in [-0.39, 0.29) is 5.02 Å². The number of nitrogens with one attached hydrogen (secondary N) is 1. The van der Waals surface area contributed by atoms with Gasteiger partial charge in [0.2, 0.25) is 0 Å². The van der Waals surface area contributed by atoms with Crippen LogP contribution in [0.5, 0.6) is 5.75 Å². The van der Waals surface area contributed by atoms with E-state index in [1.807, 2.05) is 25.2 Å². The van der Waals surface area contributed by atoms with Gasteiger partial charge in [-0.3, -0.25) is 0 Å². The van der Waals surface area contributed by atoms with Gasteiger partial charge in [0, 0.05) is 6.07 Å². The summed E-state index contributed by atoms with van der Waals surface area (Å²) in [7, 11) is 1.93. The molecule has 106 valence electrons. The molecule has 0 radical (unpaired) electrons. The zero-order valence-electron chi connectivity index (χ0n) is 11.3. The summed E-state index contributed by atoms with van der Waals surface area (Å²) in [5.74, 6) is 0.0166. The van der Waals surface area contributed by atoms with Crippen LogP contribution in [0.25, 0.3) is 0 Å². The third kappa shape index (κ3) is 3.95. The van der Waals surface area contributed by atoms with Crippen LogP contribution >= 0.6 is 11.6 Å². The first-order valence-corrected chi connectivity index (χ1v) is 6.87. The van der Waals surface area contributed by atoms with E-state index in [0.717, 1.165) is 18.5 Å². The Morgan fingerprint density at radius 3 is 2.60 bits per heavy atom. The van der Waals surface area contributed by atoms with Crippen LogP contribution in [0.1, 0.15) is 11.1 Å². The van der Waals surface area contributed by atoms with Crippen LogP contribution in [0, 0.1) is 5.82 Å². The van der Waals surface area contributed by atoms with Crippen molar-refractivity contribution >= 4 is 11.6 Å². The van der Waals surface area contributed by atoms with E-state index in [9.17, 15) is 4.39 Å². The Bertz CT molecular complexity index is 574. The highest BCUT2D eigenvalue weighted by atomic mass is 35.5. The smallest absolute Gasteiger partial charge is 0.145 e. The van der Waals surface area contributed by atoms with Crippen molar-refractivity contribution in [2.75, 3.05) is 13.6 Å². The molecular weight excluding hydrogens is 277 g/mol. The molecule has 0 fully saturated rings. The lowest BCUT2D eigenvalue weighted by atomic mass is 10.1. The van der Waals surface area contributed by atoms with E-state index in [2.05, 4.69) is 11.4 Å². The predicted octanol–water partition coefficient (Wildman–Crippen LogP) is 3.82. The highest BCUT2D eigenvalue weighted by Crippen LogP contribution is 2.21. The van der Waals surface area contributed by atoms with Gasteiger partial charge < -0.3 is 10.1 Å². The number of halogens is 2. The second-order valence-electron chi connectivity index (χ2n) is 4.49. The molecule has 0 aliphatic rings. The van der Waals surface area contributed by atoms with Gasteiger partial charge in [-0.1, -0.05) is 35.9 Å². The van der Waals surface area contributed by atoms with Crippen LogP contribution in [0.15, 0.2) is 42.5 Å². The Morgan fingerprint density at radius 1 is 1.15 bits per heavy atom. The third-order valence-electron chi connectivity index (χ3n) is 3.05. The summed E-state index contributed by atoms with van der Waals surface area (Å²) in [6.07, 6.45) is 0.936. The van der Waals surface area contributed by atoms with Crippen LogP contribution in [0.3, 0.4) is 0 Å². The number of benzene rings is 2. The summed E-state index contributed by atoms with van der Waals surface area (Å²) >= 11 is 5.64. The van der Waals surface area contributed by atoms with Crippen molar-refractivity contribution in [2.24, 2.45) is 0 Å². The minimum absolute atomic E-state index is 0.103. The lowest BCUT2D eigenvalue weighted by molar-refractivity contribution is 0.303. The standard InChI is InChI=1S/C16H17ClFNO/c1-19-9-8-12-4-2-3-5-13(12)11-20-14-6-7-15(17)16(18)10-14/h2-7,10,19H,8-9,11H2,1H3. The van der Waals surface area contributed by atoms with Crippen LogP contribution in [0.4, 0.5) is 4.39 Å². The van der Waals surface area contributed by atoms with Crippen molar-refractivity contribution in [1.82, 2.24) is 5.32 Å². The van der Waals surface area contributed by atoms with Gasteiger partial charge in [-0.2, -0.15) is 0 Å². The summed E-state index contributed by atoms with van der Waals surface area (Å²) < 4.78 is 19.0. The minimum Gasteiger partial charge on any atom is -0.489 e. The summed E-state index contributed by atoms with van der Waals surface area (Å²) in [5, 5.41) is 3.23. The fourth-order valence-corrected chi connectivity index (χ4v) is 2.05. The predicted molar refractivity (Wildman–Crippen MR) is 79.8 cm³/mol. The number of hydrogen-bond donors (Lipinski definition) is 1. The second-order valence-corrected chi connectivity index (χ2v) is 4.89. The molecule has 0 saturated carbocycles. The van der Waals surface area contributed by atoms with E-state index in [0.29, 0.717) is 12.4 Å². The SMILES string of the molecule is CNCCc1ccccc1COc1ccc(Cl)c(F)c1. The number of ether oxygens (including phenoxy) is 1. The first-order valence-electron chi connectivity index (χ1n) is 6.50. The molecule has 0 spiro atoms. The van der Waals surface area contributed by atoms with Crippen LogP contribution in [-0.2, 0) is 13.0 Å². The largest absolute Gasteiger partial charge is 0.489 e. The van der Waals surface area contributed by atoms with E-state index < -0.39 is 5.82 Å². The average Bonchev–Trinajstić information content (AvgIpc) is 2.47. The molecule has 0 atom stereocenters. The maximum absolute atomic E-state index is 13.3. The normalized spacial score (nSPS) is 10.6. The van der Waals surface area contributed by atoms with Gasteiger partial charge in [0.05, 0.1) is 5.02 Å². The molecular formula is C16H17ClFNO. The summed E-state index contributed by atoms with van der Waals surface area (Å²) in [6.45, 7) is 1.33.